The van der Waals surface area contributed by atoms with Gasteiger partial charge in [0.25, 0.3) is 0 Å². The number of carbonyl (C=O) groups is 1. The van der Waals surface area contributed by atoms with Crippen molar-refractivity contribution < 1.29 is 14.3 Å². The molecule has 0 spiro atoms. The van der Waals surface area contributed by atoms with E-state index in [1.54, 1.807) is 0 Å². The Morgan fingerprint density at radius 3 is 2.79 bits per heavy atom. The van der Waals surface area contributed by atoms with Crippen LogP contribution >= 0.6 is 0 Å². The zero-order valence-electron chi connectivity index (χ0n) is 7.64. The Labute approximate surface area is 80.8 Å². The van der Waals surface area contributed by atoms with Crippen molar-refractivity contribution in [3.05, 3.63) is 0 Å². The molecule has 1 saturated heterocycles. The van der Waals surface area contributed by atoms with E-state index in [-0.39, 0.29) is 35.6 Å². The molecule has 0 radical (unpaired) electrons. The summed E-state index contributed by atoms with van der Waals surface area (Å²) in [6.45, 7) is 1.41. The molecule has 4 heteroatoms. The van der Waals surface area contributed by atoms with E-state index in [9.17, 15) is 4.79 Å². The van der Waals surface area contributed by atoms with Gasteiger partial charge in [-0.15, -0.1) is 0 Å². The molecule has 0 aromatic heterocycles. The van der Waals surface area contributed by atoms with Gasteiger partial charge in [0.2, 0.25) is 0 Å². The largest absolute Gasteiger partial charge is 0.459 e. The summed E-state index contributed by atoms with van der Waals surface area (Å²) in [7, 11) is 0. The van der Waals surface area contributed by atoms with Crippen molar-refractivity contribution in [2.45, 2.75) is 25.2 Å². The first-order chi connectivity index (χ1) is 6.71. The highest BCUT2D eigenvalue weighted by Gasteiger charge is 2.98. The van der Waals surface area contributed by atoms with E-state index in [0.29, 0.717) is 11.8 Å². The molecule has 1 heterocycles. The fraction of sp³-hybridized carbons (Fsp3) is 0.800. The third-order valence-electron chi connectivity index (χ3n) is 4.30. The number of rotatable bonds is 1. The van der Waals surface area contributed by atoms with Crippen LogP contribution in [0.15, 0.2) is 0 Å². The summed E-state index contributed by atoms with van der Waals surface area (Å²) >= 11 is 0. The molecule has 0 amide bonds. The molecule has 4 aliphatic carbocycles. The van der Waals surface area contributed by atoms with Crippen molar-refractivity contribution in [2.75, 3.05) is 0 Å². The molecule has 4 saturated carbocycles. The lowest BCUT2D eigenvalue weighted by Gasteiger charge is -2.26. The third-order valence-corrected chi connectivity index (χ3v) is 4.30. The number of hydrogen-bond acceptors (Lipinski definition) is 4. The average molecular weight is 191 g/mol. The fourth-order valence-electron chi connectivity index (χ4n) is 3.66. The van der Waals surface area contributed by atoms with Crippen molar-refractivity contribution in [2.24, 2.45) is 23.2 Å². The molecule has 5 fully saturated rings. The molecular formula is C10H9NO3. The smallest absolute Gasteiger partial charge is 0.303 e. The number of esters is 1. The second-order valence-corrected chi connectivity index (χ2v) is 4.76. The SMILES string of the molecule is CC(=O)O[C@H]1[C@H]2O[C@H]2[C@H]2[C@H]3[C@@H]1[C@@]32C#N. The van der Waals surface area contributed by atoms with Gasteiger partial charge in [0, 0.05) is 18.8 Å². The molecule has 1 aliphatic heterocycles. The minimum absolute atomic E-state index is 0.106. The van der Waals surface area contributed by atoms with Gasteiger partial charge < -0.3 is 9.47 Å². The molecule has 72 valence electrons. The number of hydrogen-bond donors (Lipinski definition) is 0. The number of nitriles is 1. The summed E-state index contributed by atoms with van der Waals surface area (Å²) in [5.41, 5.74) is -0.155. The third kappa shape index (κ3) is 0.510. The van der Waals surface area contributed by atoms with Gasteiger partial charge in [-0.05, 0) is 5.92 Å². The molecule has 5 rings (SSSR count). The van der Waals surface area contributed by atoms with Crippen LogP contribution in [-0.4, -0.2) is 24.3 Å². The predicted octanol–water partition coefficient (Wildman–Crippen LogP) is 0.0849. The zero-order valence-corrected chi connectivity index (χ0v) is 7.64. The molecule has 0 N–H and O–H groups in total. The minimum atomic E-state index is -0.262. The van der Waals surface area contributed by atoms with Gasteiger partial charge in [-0.3, -0.25) is 4.79 Å². The first-order valence-corrected chi connectivity index (χ1v) is 4.95. The lowest BCUT2D eigenvalue weighted by Crippen LogP contribution is -2.39. The van der Waals surface area contributed by atoms with Crippen LogP contribution in [0.2, 0.25) is 0 Å². The maximum Gasteiger partial charge on any atom is 0.303 e. The van der Waals surface area contributed by atoms with Crippen LogP contribution in [0.5, 0.6) is 0 Å². The number of carbonyl (C=O) groups excluding carboxylic acids is 1. The van der Waals surface area contributed by atoms with Gasteiger partial charge >= 0.3 is 5.97 Å². The van der Waals surface area contributed by atoms with Gasteiger partial charge in [-0.2, -0.15) is 5.26 Å². The highest BCUT2D eigenvalue weighted by atomic mass is 16.6. The Hall–Kier alpha value is -1.08. The molecule has 0 aromatic carbocycles. The average Bonchev–Trinajstić information content (AvgIpc) is 2.99. The molecular weight excluding hydrogens is 182 g/mol. The van der Waals surface area contributed by atoms with E-state index < -0.39 is 0 Å². The van der Waals surface area contributed by atoms with Crippen LogP contribution in [0, 0.1) is 34.5 Å². The maximum absolute atomic E-state index is 10.9. The molecule has 0 unspecified atom stereocenters. The topological polar surface area (TPSA) is 62.6 Å². The van der Waals surface area contributed by atoms with Gasteiger partial charge in [-0.1, -0.05) is 0 Å². The van der Waals surface area contributed by atoms with Gasteiger partial charge in [0.15, 0.2) is 0 Å². The van der Waals surface area contributed by atoms with E-state index in [1.807, 2.05) is 0 Å². The Morgan fingerprint density at radius 1 is 1.43 bits per heavy atom. The standard InChI is InChI=1S/C10H9NO3/c1-3(12)13-7-5-4-6(8-9(7)14-8)10(4,5)2-11/h4-9H,1H3/t4-,5+,6-,7-,8+,9-,10-/m1/s1. The van der Waals surface area contributed by atoms with Gasteiger partial charge in [-0.25, -0.2) is 0 Å². The Bertz CT molecular complexity index is 401. The van der Waals surface area contributed by atoms with Crippen molar-refractivity contribution in [3.63, 3.8) is 0 Å². The number of nitrogens with zero attached hydrogens (tertiary/aromatic N) is 1. The highest BCUT2D eigenvalue weighted by Crippen LogP contribution is 2.91. The van der Waals surface area contributed by atoms with Crippen molar-refractivity contribution >= 4 is 5.97 Å². The lowest BCUT2D eigenvalue weighted by atomic mass is 9.81. The van der Waals surface area contributed by atoms with Crippen LogP contribution in [0.25, 0.3) is 0 Å². The van der Waals surface area contributed by atoms with E-state index in [0.717, 1.165) is 0 Å². The van der Waals surface area contributed by atoms with Crippen LogP contribution in [0.1, 0.15) is 6.92 Å². The first-order valence-electron chi connectivity index (χ1n) is 4.95. The fourth-order valence-corrected chi connectivity index (χ4v) is 3.66. The molecule has 2 bridgehead atoms. The Kier molecular flexibility index (Phi) is 0.879. The second kappa shape index (κ2) is 1.70. The Balaban J connectivity index is 1.64. The summed E-state index contributed by atoms with van der Waals surface area (Å²) in [5, 5.41) is 9.05. The summed E-state index contributed by atoms with van der Waals surface area (Å²) in [6, 6.07) is 2.38. The summed E-state index contributed by atoms with van der Waals surface area (Å²) in [5.74, 6) is 0.960. The quantitative estimate of drug-likeness (QED) is 0.435. The molecule has 7 atom stereocenters. The Morgan fingerprint density at radius 2 is 2.21 bits per heavy atom. The predicted molar refractivity (Wildman–Crippen MR) is 42.7 cm³/mol. The van der Waals surface area contributed by atoms with Crippen molar-refractivity contribution in [1.82, 2.24) is 0 Å². The highest BCUT2D eigenvalue weighted by molar-refractivity contribution is 5.67. The van der Waals surface area contributed by atoms with Gasteiger partial charge in [0.05, 0.1) is 17.6 Å². The molecule has 0 aromatic rings. The normalized spacial score (nSPS) is 64.3. The van der Waals surface area contributed by atoms with Crippen LogP contribution in [-0.2, 0) is 14.3 Å². The van der Waals surface area contributed by atoms with Crippen LogP contribution < -0.4 is 0 Å². The lowest BCUT2D eigenvalue weighted by molar-refractivity contribution is -0.150. The van der Waals surface area contributed by atoms with Crippen LogP contribution in [0.3, 0.4) is 0 Å². The first kappa shape index (κ1) is 7.24. The van der Waals surface area contributed by atoms with Gasteiger partial charge in [0.1, 0.15) is 12.2 Å². The molecule has 5 aliphatic rings. The van der Waals surface area contributed by atoms with Crippen molar-refractivity contribution in [3.8, 4) is 6.07 Å². The number of ether oxygens (including phenoxy) is 2. The maximum atomic E-state index is 10.9. The summed E-state index contributed by atoms with van der Waals surface area (Å²) in [6.07, 6.45) is 0.190. The van der Waals surface area contributed by atoms with Crippen LogP contribution in [0.4, 0.5) is 0 Å². The van der Waals surface area contributed by atoms with E-state index in [4.69, 9.17) is 14.7 Å². The minimum Gasteiger partial charge on any atom is -0.459 e. The zero-order chi connectivity index (χ0) is 9.66. The summed E-state index contributed by atoms with van der Waals surface area (Å²) < 4.78 is 10.7. The van der Waals surface area contributed by atoms with E-state index in [2.05, 4.69) is 6.07 Å². The van der Waals surface area contributed by atoms with E-state index >= 15 is 0 Å². The van der Waals surface area contributed by atoms with E-state index in [1.165, 1.54) is 6.92 Å². The second-order valence-electron chi connectivity index (χ2n) is 4.76. The summed E-state index contributed by atoms with van der Waals surface area (Å²) in [4.78, 5) is 10.9. The van der Waals surface area contributed by atoms with Crippen molar-refractivity contribution in [1.29, 1.82) is 5.26 Å². The monoisotopic (exact) mass is 191 g/mol. The molecule has 4 nitrogen and oxygen atoms in total. The molecule has 14 heavy (non-hydrogen) atoms. The number of epoxide rings is 1.